The summed E-state index contributed by atoms with van der Waals surface area (Å²) in [7, 11) is 0. The van der Waals surface area contributed by atoms with Gasteiger partial charge in [-0.05, 0) is 48.4 Å². The first-order valence-electron chi connectivity index (χ1n) is 10.8. The highest BCUT2D eigenvalue weighted by Crippen LogP contribution is 2.33. The van der Waals surface area contributed by atoms with Crippen LogP contribution >= 0.6 is 0 Å². The Balaban J connectivity index is 1.23. The van der Waals surface area contributed by atoms with Crippen LogP contribution in [0.5, 0.6) is 5.88 Å². The number of aromatic amines is 1. The average molecular weight is 458 g/mol. The molecule has 4 amide bonds. The lowest BCUT2D eigenvalue weighted by Gasteiger charge is -2.22. The maximum absolute atomic E-state index is 12.3. The Morgan fingerprint density at radius 3 is 2.74 bits per heavy atom. The summed E-state index contributed by atoms with van der Waals surface area (Å²) < 4.78 is 1.49. The third kappa shape index (κ3) is 4.20. The molecule has 0 aliphatic carbocycles. The third-order valence-electron chi connectivity index (χ3n) is 5.79. The highest BCUT2D eigenvalue weighted by atomic mass is 16.3. The third-order valence-corrected chi connectivity index (χ3v) is 5.79. The number of aromatic nitrogens is 3. The largest absolute Gasteiger partial charge is 0.494 e. The Bertz CT molecular complexity index is 1370. The summed E-state index contributed by atoms with van der Waals surface area (Å²) in [5, 5.41) is 19.8. The number of urea groups is 1. The molecular formula is C24H22N6O4. The van der Waals surface area contributed by atoms with Gasteiger partial charge in [-0.25, -0.2) is 9.78 Å². The van der Waals surface area contributed by atoms with Gasteiger partial charge in [-0.15, -0.1) is 0 Å². The van der Waals surface area contributed by atoms with Crippen molar-refractivity contribution in [1.29, 1.82) is 0 Å². The van der Waals surface area contributed by atoms with Crippen LogP contribution in [0, 0.1) is 0 Å². The van der Waals surface area contributed by atoms with E-state index in [1.807, 2.05) is 18.2 Å². The van der Waals surface area contributed by atoms with Crippen molar-refractivity contribution in [2.45, 2.75) is 25.4 Å². The van der Waals surface area contributed by atoms with Gasteiger partial charge < -0.3 is 25.3 Å². The molecule has 0 radical (unpaired) electrons. The number of hydrogen-bond acceptors (Lipinski definition) is 5. The molecular weight excluding hydrogens is 436 g/mol. The quantitative estimate of drug-likeness (QED) is 0.292. The second-order valence-electron chi connectivity index (χ2n) is 8.07. The lowest BCUT2D eigenvalue weighted by atomic mass is 10.1. The minimum absolute atomic E-state index is 0.0280. The number of piperidine rings is 1. The fourth-order valence-electron chi connectivity index (χ4n) is 4.06. The van der Waals surface area contributed by atoms with E-state index < -0.39 is 11.9 Å². The number of rotatable bonds is 5. The number of nitrogens with one attached hydrogen (secondary N) is 4. The van der Waals surface area contributed by atoms with E-state index >= 15 is 0 Å². The molecule has 0 saturated carbocycles. The van der Waals surface area contributed by atoms with Crippen molar-refractivity contribution >= 4 is 34.3 Å². The SMILES string of the molecule is O=C1CCC(n2cc3cc(CNC(=O)Nc4ccc(-c5ncc[nH]5)cc4)ccc3c2O)C(=O)N1. The highest BCUT2D eigenvalue weighted by molar-refractivity contribution is 6.00. The number of carbonyl (C=O) groups is 3. The molecule has 3 heterocycles. The van der Waals surface area contributed by atoms with Gasteiger partial charge in [-0.3, -0.25) is 14.9 Å². The zero-order chi connectivity index (χ0) is 23.7. The lowest BCUT2D eigenvalue weighted by molar-refractivity contribution is -0.135. The molecule has 4 aromatic rings. The summed E-state index contributed by atoms with van der Waals surface area (Å²) in [6.07, 6.45) is 5.67. The zero-order valence-corrected chi connectivity index (χ0v) is 18.0. The Kier molecular flexibility index (Phi) is 5.46. The monoisotopic (exact) mass is 458 g/mol. The van der Waals surface area contributed by atoms with Crippen molar-refractivity contribution in [1.82, 2.24) is 25.2 Å². The first kappa shape index (κ1) is 21.3. The van der Waals surface area contributed by atoms with E-state index in [4.69, 9.17) is 0 Å². The Morgan fingerprint density at radius 2 is 2.00 bits per heavy atom. The molecule has 10 heteroatoms. The van der Waals surface area contributed by atoms with Crippen LogP contribution in [-0.2, 0) is 16.1 Å². The fourth-order valence-corrected chi connectivity index (χ4v) is 4.06. The smallest absolute Gasteiger partial charge is 0.319 e. The lowest BCUT2D eigenvalue weighted by Crippen LogP contribution is -2.41. The minimum Gasteiger partial charge on any atom is -0.494 e. The predicted molar refractivity (Wildman–Crippen MR) is 125 cm³/mol. The van der Waals surface area contributed by atoms with Crippen LogP contribution < -0.4 is 16.0 Å². The molecule has 10 nitrogen and oxygen atoms in total. The number of H-pyrrole nitrogens is 1. The molecule has 172 valence electrons. The second kappa shape index (κ2) is 8.74. The van der Waals surface area contributed by atoms with Crippen molar-refractivity contribution in [3.8, 4) is 17.3 Å². The number of imidazole rings is 1. The van der Waals surface area contributed by atoms with E-state index in [0.717, 1.165) is 22.3 Å². The van der Waals surface area contributed by atoms with E-state index in [2.05, 4.69) is 25.9 Å². The van der Waals surface area contributed by atoms with Crippen LogP contribution in [0.15, 0.2) is 61.1 Å². The molecule has 5 N–H and O–H groups in total. The van der Waals surface area contributed by atoms with Crippen LogP contribution in [-0.4, -0.2) is 37.5 Å². The molecule has 5 rings (SSSR count). The van der Waals surface area contributed by atoms with Crippen molar-refractivity contribution in [3.05, 3.63) is 66.6 Å². The van der Waals surface area contributed by atoms with Gasteiger partial charge in [0.1, 0.15) is 11.9 Å². The first-order chi connectivity index (χ1) is 16.5. The summed E-state index contributed by atoms with van der Waals surface area (Å²) in [5.74, 6) is -0.0104. The van der Waals surface area contributed by atoms with Crippen LogP contribution in [0.4, 0.5) is 10.5 Å². The number of aromatic hydroxyl groups is 1. The van der Waals surface area contributed by atoms with E-state index in [1.54, 1.807) is 42.9 Å². The fraction of sp³-hybridized carbons (Fsp3) is 0.167. The average Bonchev–Trinajstić information content (AvgIpc) is 3.47. The zero-order valence-electron chi connectivity index (χ0n) is 18.0. The second-order valence-corrected chi connectivity index (χ2v) is 8.07. The molecule has 1 unspecified atom stereocenters. The number of nitrogens with zero attached hydrogens (tertiary/aromatic N) is 2. The predicted octanol–water partition coefficient (Wildman–Crippen LogP) is 3.04. The minimum atomic E-state index is -0.642. The number of imide groups is 1. The van der Waals surface area contributed by atoms with Crippen molar-refractivity contribution in [2.75, 3.05) is 5.32 Å². The molecule has 1 fully saturated rings. The maximum Gasteiger partial charge on any atom is 0.319 e. The molecule has 1 aliphatic rings. The van der Waals surface area contributed by atoms with E-state index in [0.29, 0.717) is 17.5 Å². The van der Waals surface area contributed by atoms with E-state index in [-0.39, 0.29) is 30.8 Å². The molecule has 2 aromatic heterocycles. The number of benzene rings is 2. The molecule has 0 spiro atoms. The van der Waals surface area contributed by atoms with Gasteiger partial charge >= 0.3 is 6.03 Å². The van der Waals surface area contributed by atoms with E-state index in [1.165, 1.54) is 4.57 Å². The Morgan fingerprint density at radius 1 is 1.18 bits per heavy atom. The molecule has 2 aromatic carbocycles. The Hall–Kier alpha value is -4.60. The van der Waals surface area contributed by atoms with Gasteiger partial charge in [-0.1, -0.05) is 6.07 Å². The van der Waals surface area contributed by atoms with Gasteiger partial charge in [0.2, 0.25) is 11.8 Å². The summed E-state index contributed by atoms with van der Waals surface area (Å²) in [4.78, 5) is 43.2. The van der Waals surface area contributed by atoms with Crippen LogP contribution in [0.25, 0.3) is 22.2 Å². The number of anilines is 1. The normalized spacial score (nSPS) is 15.8. The maximum atomic E-state index is 12.3. The van der Waals surface area contributed by atoms with Crippen LogP contribution in [0.1, 0.15) is 24.4 Å². The number of carbonyl (C=O) groups excluding carboxylic acids is 3. The van der Waals surface area contributed by atoms with Crippen molar-refractivity contribution in [3.63, 3.8) is 0 Å². The topological polar surface area (TPSA) is 141 Å². The molecule has 34 heavy (non-hydrogen) atoms. The summed E-state index contributed by atoms with van der Waals surface area (Å²) >= 11 is 0. The standard InChI is InChI=1S/C24H22N6O4/c31-20-8-7-19(22(32)29-20)30-13-16-11-14(1-6-18(16)23(30)33)12-27-24(34)28-17-4-2-15(3-5-17)21-25-9-10-26-21/h1-6,9-11,13,19,33H,7-8,12H2,(H,25,26)(H2,27,28,34)(H,29,31,32). The van der Waals surface area contributed by atoms with Crippen LogP contribution in [0.2, 0.25) is 0 Å². The number of amides is 4. The number of fused-ring (bicyclic) bond motifs is 1. The first-order valence-corrected chi connectivity index (χ1v) is 10.8. The molecule has 1 atom stereocenters. The summed E-state index contributed by atoms with van der Waals surface area (Å²) in [5.41, 5.74) is 2.39. The number of hydrogen-bond donors (Lipinski definition) is 5. The van der Waals surface area contributed by atoms with Gasteiger partial charge in [0.25, 0.3) is 0 Å². The van der Waals surface area contributed by atoms with Gasteiger partial charge in [0.15, 0.2) is 5.88 Å². The van der Waals surface area contributed by atoms with Gasteiger partial charge in [0.05, 0.1) is 0 Å². The van der Waals surface area contributed by atoms with Gasteiger partial charge in [-0.2, -0.15) is 0 Å². The van der Waals surface area contributed by atoms with Crippen molar-refractivity contribution in [2.24, 2.45) is 0 Å². The Labute approximate surface area is 194 Å². The summed E-state index contributed by atoms with van der Waals surface area (Å²) in [6.45, 7) is 0.274. The van der Waals surface area contributed by atoms with Crippen molar-refractivity contribution < 1.29 is 19.5 Å². The van der Waals surface area contributed by atoms with Gasteiger partial charge in [0, 0.05) is 53.6 Å². The highest BCUT2D eigenvalue weighted by Gasteiger charge is 2.30. The molecule has 1 aliphatic heterocycles. The summed E-state index contributed by atoms with van der Waals surface area (Å²) in [6, 6.07) is 11.7. The van der Waals surface area contributed by atoms with E-state index in [9.17, 15) is 19.5 Å². The molecule has 1 saturated heterocycles. The molecule has 0 bridgehead atoms. The van der Waals surface area contributed by atoms with Crippen LogP contribution in [0.3, 0.4) is 0 Å².